The van der Waals surface area contributed by atoms with Gasteiger partial charge >= 0.3 is 0 Å². The molecule has 7 nitrogen and oxygen atoms in total. The minimum atomic E-state index is -0.0888. The molecular weight excluding hydrogens is 278 g/mol. The first-order valence-corrected chi connectivity index (χ1v) is 7.18. The number of nitrogens with zero attached hydrogens (tertiary/aromatic N) is 2. The zero-order valence-electron chi connectivity index (χ0n) is 12.0. The van der Waals surface area contributed by atoms with E-state index in [4.69, 9.17) is 4.74 Å². The molecule has 0 spiro atoms. The molecule has 0 aliphatic rings. The van der Waals surface area contributed by atoms with E-state index in [9.17, 15) is 4.79 Å². The second kappa shape index (κ2) is 9.27. The van der Waals surface area contributed by atoms with Gasteiger partial charge in [0.05, 0.1) is 17.8 Å². The number of nitrogens with one attached hydrogen (secondary N) is 3. The number of aromatic nitrogens is 1. The summed E-state index contributed by atoms with van der Waals surface area (Å²) in [5, 5.41) is 9.02. The average molecular weight is 299 g/mol. The number of amides is 1. The Kier molecular flexibility index (Phi) is 7.59. The SMILES string of the molecule is CN=C(NCCNC(=O)c1scnc1C)NCCOC. The highest BCUT2D eigenvalue weighted by Gasteiger charge is 2.10. The van der Waals surface area contributed by atoms with Gasteiger partial charge in [-0.1, -0.05) is 0 Å². The van der Waals surface area contributed by atoms with Crippen LogP contribution in [0.15, 0.2) is 10.5 Å². The average Bonchev–Trinajstić information content (AvgIpc) is 2.87. The first-order valence-electron chi connectivity index (χ1n) is 6.30. The molecule has 8 heteroatoms. The number of ether oxygens (including phenoxy) is 1. The summed E-state index contributed by atoms with van der Waals surface area (Å²) in [5.74, 6) is 0.597. The van der Waals surface area contributed by atoms with Gasteiger partial charge in [0.2, 0.25) is 0 Å². The molecule has 0 aliphatic carbocycles. The first kappa shape index (κ1) is 16.4. The second-order valence-corrected chi connectivity index (χ2v) is 4.80. The standard InChI is InChI=1S/C12H21N5O2S/c1-9-10(20-8-17-9)11(18)14-4-5-15-12(13-2)16-6-7-19-3/h8H,4-7H2,1-3H3,(H,14,18)(H2,13,15,16). The molecule has 0 atom stereocenters. The van der Waals surface area contributed by atoms with Crippen molar-refractivity contribution in [2.24, 2.45) is 4.99 Å². The normalized spacial score (nSPS) is 11.2. The maximum absolute atomic E-state index is 11.8. The number of aliphatic imine (C=N–C) groups is 1. The van der Waals surface area contributed by atoms with Gasteiger partial charge in [-0.25, -0.2) is 4.98 Å². The Morgan fingerprint density at radius 1 is 1.35 bits per heavy atom. The molecule has 1 aromatic rings. The molecule has 0 fully saturated rings. The highest BCUT2D eigenvalue weighted by Crippen LogP contribution is 2.10. The summed E-state index contributed by atoms with van der Waals surface area (Å²) in [4.78, 5) is 20.6. The lowest BCUT2D eigenvalue weighted by atomic mass is 10.4. The smallest absolute Gasteiger partial charge is 0.263 e. The van der Waals surface area contributed by atoms with Crippen LogP contribution in [0.3, 0.4) is 0 Å². The van der Waals surface area contributed by atoms with Gasteiger partial charge in [0.25, 0.3) is 5.91 Å². The lowest BCUT2D eigenvalue weighted by molar-refractivity contribution is 0.0957. The van der Waals surface area contributed by atoms with E-state index >= 15 is 0 Å². The van der Waals surface area contributed by atoms with Crippen LogP contribution in [0, 0.1) is 6.92 Å². The molecule has 20 heavy (non-hydrogen) atoms. The maximum atomic E-state index is 11.8. The summed E-state index contributed by atoms with van der Waals surface area (Å²) in [6, 6.07) is 0. The predicted molar refractivity (Wildman–Crippen MR) is 80.4 cm³/mol. The van der Waals surface area contributed by atoms with Crippen molar-refractivity contribution in [2.75, 3.05) is 40.4 Å². The van der Waals surface area contributed by atoms with Gasteiger partial charge in [0.1, 0.15) is 4.88 Å². The van der Waals surface area contributed by atoms with E-state index in [0.29, 0.717) is 37.1 Å². The van der Waals surface area contributed by atoms with Crippen LogP contribution < -0.4 is 16.0 Å². The molecule has 1 amide bonds. The van der Waals surface area contributed by atoms with Gasteiger partial charge in [-0.15, -0.1) is 11.3 Å². The van der Waals surface area contributed by atoms with Crippen LogP contribution in [0.2, 0.25) is 0 Å². The van der Waals surface area contributed by atoms with Gasteiger partial charge in [-0.2, -0.15) is 0 Å². The van der Waals surface area contributed by atoms with E-state index < -0.39 is 0 Å². The summed E-state index contributed by atoms with van der Waals surface area (Å²) >= 11 is 1.35. The minimum absolute atomic E-state index is 0.0888. The molecule has 0 radical (unpaired) electrons. The zero-order valence-corrected chi connectivity index (χ0v) is 12.8. The topological polar surface area (TPSA) is 87.6 Å². The van der Waals surface area contributed by atoms with Crippen molar-refractivity contribution in [3.8, 4) is 0 Å². The highest BCUT2D eigenvalue weighted by atomic mass is 32.1. The van der Waals surface area contributed by atoms with Crippen molar-refractivity contribution >= 4 is 23.2 Å². The predicted octanol–water partition coefficient (Wildman–Crippen LogP) is -0.00728. The molecule has 0 bridgehead atoms. The Morgan fingerprint density at radius 2 is 2.05 bits per heavy atom. The second-order valence-electron chi connectivity index (χ2n) is 3.94. The fourth-order valence-electron chi connectivity index (χ4n) is 1.45. The number of carbonyl (C=O) groups excluding carboxylic acids is 1. The number of aryl methyl sites for hydroxylation is 1. The van der Waals surface area contributed by atoms with Crippen LogP contribution in [0.25, 0.3) is 0 Å². The quantitative estimate of drug-likeness (QED) is 0.374. The van der Waals surface area contributed by atoms with Gasteiger partial charge in [-0.05, 0) is 6.92 Å². The highest BCUT2D eigenvalue weighted by molar-refractivity contribution is 7.11. The molecule has 1 rings (SSSR count). The lowest BCUT2D eigenvalue weighted by Crippen LogP contribution is -2.42. The Hall–Kier alpha value is -1.67. The van der Waals surface area contributed by atoms with E-state index in [2.05, 4.69) is 25.9 Å². The van der Waals surface area contributed by atoms with E-state index in [0.717, 1.165) is 5.69 Å². The largest absolute Gasteiger partial charge is 0.383 e. The number of hydrogen-bond donors (Lipinski definition) is 3. The summed E-state index contributed by atoms with van der Waals surface area (Å²) in [6.07, 6.45) is 0. The fraction of sp³-hybridized carbons (Fsp3) is 0.583. The third-order valence-electron chi connectivity index (χ3n) is 2.48. The lowest BCUT2D eigenvalue weighted by Gasteiger charge is -2.11. The fourth-order valence-corrected chi connectivity index (χ4v) is 2.17. The van der Waals surface area contributed by atoms with Crippen molar-refractivity contribution in [1.29, 1.82) is 0 Å². The molecule has 112 valence electrons. The number of thiazole rings is 1. The summed E-state index contributed by atoms with van der Waals surface area (Å²) in [5.41, 5.74) is 2.43. The third-order valence-corrected chi connectivity index (χ3v) is 3.40. The Morgan fingerprint density at radius 3 is 2.65 bits per heavy atom. The number of guanidine groups is 1. The zero-order chi connectivity index (χ0) is 14.8. The Balaban J connectivity index is 2.21. The van der Waals surface area contributed by atoms with Crippen molar-refractivity contribution in [2.45, 2.75) is 6.92 Å². The molecule has 1 heterocycles. The molecule has 3 N–H and O–H groups in total. The van der Waals surface area contributed by atoms with Crippen molar-refractivity contribution < 1.29 is 9.53 Å². The molecule has 0 aromatic carbocycles. The van der Waals surface area contributed by atoms with Crippen LogP contribution in [-0.4, -0.2) is 57.2 Å². The van der Waals surface area contributed by atoms with E-state index in [1.54, 1.807) is 19.7 Å². The molecule has 0 aliphatic heterocycles. The van der Waals surface area contributed by atoms with Crippen LogP contribution in [0.5, 0.6) is 0 Å². The van der Waals surface area contributed by atoms with Gasteiger partial charge in [0, 0.05) is 33.8 Å². The monoisotopic (exact) mass is 299 g/mol. The number of rotatable bonds is 7. The summed E-state index contributed by atoms with van der Waals surface area (Å²) in [6.45, 7) is 4.23. The first-order chi connectivity index (χ1) is 9.69. The van der Waals surface area contributed by atoms with Crippen LogP contribution in [0.1, 0.15) is 15.4 Å². The molecule has 0 saturated heterocycles. The van der Waals surface area contributed by atoms with E-state index in [-0.39, 0.29) is 5.91 Å². The van der Waals surface area contributed by atoms with E-state index in [1.165, 1.54) is 11.3 Å². The van der Waals surface area contributed by atoms with Crippen LogP contribution in [-0.2, 0) is 4.74 Å². The van der Waals surface area contributed by atoms with Crippen molar-refractivity contribution in [3.05, 3.63) is 16.1 Å². The summed E-state index contributed by atoms with van der Waals surface area (Å²) < 4.78 is 4.94. The molecule has 1 aromatic heterocycles. The Labute approximate surface area is 122 Å². The van der Waals surface area contributed by atoms with Gasteiger partial charge in [0.15, 0.2) is 5.96 Å². The minimum Gasteiger partial charge on any atom is -0.383 e. The molecule has 0 unspecified atom stereocenters. The van der Waals surface area contributed by atoms with Crippen LogP contribution in [0.4, 0.5) is 0 Å². The summed E-state index contributed by atoms with van der Waals surface area (Å²) in [7, 11) is 3.34. The Bertz CT molecular complexity index is 447. The third kappa shape index (κ3) is 5.54. The van der Waals surface area contributed by atoms with E-state index in [1.807, 2.05) is 6.92 Å². The van der Waals surface area contributed by atoms with Gasteiger partial charge < -0.3 is 20.7 Å². The molecular formula is C12H21N5O2S. The van der Waals surface area contributed by atoms with Crippen molar-refractivity contribution in [3.63, 3.8) is 0 Å². The van der Waals surface area contributed by atoms with Crippen molar-refractivity contribution in [1.82, 2.24) is 20.9 Å². The maximum Gasteiger partial charge on any atom is 0.263 e. The number of methoxy groups -OCH3 is 1. The van der Waals surface area contributed by atoms with Gasteiger partial charge in [-0.3, -0.25) is 9.79 Å². The number of carbonyl (C=O) groups is 1. The molecule has 0 saturated carbocycles. The number of hydrogen-bond acceptors (Lipinski definition) is 5. The van der Waals surface area contributed by atoms with Crippen LogP contribution >= 0.6 is 11.3 Å².